The zero-order valence-corrected chi connectivity index (χ0v) is 13.4. The van der Waals surface area contributed by atoms with Crippen molar-refractivity contribution in [3.8, 4) is 0 Å². The van der Waals surface area contributed by atoms with Crippen molar-refractivity contribution in [3.63, 3.8) is 0 Å². The highest BCUT2D eigenvalue weighted by molar-refractivity contribution is 5.79. The lowest BCUT2D eigenvalue weighted by molar-refractivity contribution is 0.0698. The first-order valence-electron chi connectivity index (χ1n) is 7.52. The fourth-order valence-electron chi connectivity index (χ4n) is 1.82. The van der Waals surface area contributed by atoms with Crippen LogP contribution in [0.4, 0.5) is 4.39 Å². The number of benzene rings is 1. The van der Waals surface area contributed by atoms with E-state index in [1.54, 1.807) is 26.3 Å². The van der Waals surface area contributed by atoms with E-state index in [1.807, 2.05) is 0 Å². The molecule has 0 aliphatic carbocycles. The van der Waals surface area contributed by atoms with E-state index in [4.69, 9.17) is 9.47 Å². The van der Waals surface area contributed by atoms with Crippen LogP contribution in [-0.4, -0.2) is 53.0 Å². The Morgan fingerprint density at radius 1 is 1.09 bits per heavy atom. The molecule has 0 aliphatic heterocycles. The van der Waals surface area contributed by atoms with Gasteiger partial charge >= 0.3 is 0 Å². The lowest BCUT2D eigenvalue weighted by atomic mass is 10.1. The molecule has 0 spiro atoms. The second-order valence-electron chi connectivity index (χ2n) is 4.76. The Hall–Kier alpha value is -1.66. The molecule has 1 rings (SSSR count). The third-order valence-corrected chi connectivity index (χ3v) is 3.03. The summed E-state index contributed by atoms with van der Waals surface area (Å²) in [5.74, 6) is 0.556. The van der Waals surface area contributed by atoms with Crippen LogP contribution in [0.3, 0.4) is 0 Å². The van der Waals surface area contributed by atoms with Gasteiger partial charge in [-0.1, -0.05) is 12.1 Å². The topological polar surface area (TPSA) is 54.9 Å². The number of rotatable bonds is 10. The Morgan fingerprint density at radius 2 is 1.82 bits per heavy atom. The third kappa shape index (κ3) is 8.59. The van der Waals surface area contributed by atoms with Crippen molar-refractivity contribution in [1.29, 1.82) is 0 Å². The highest BCUT2D eigenvalue weighted by Gasteiger charge is 1.98. The average Bonchev–Trinajstić information content (AvgIpc) is 2.54. The fraction of sp³-hybridized carbons (Fsp3) is 0.562. The van der Waals surface area contributed by atoms with Gasteiger partial charge in [-0.25, -0.2) is 4.39 Å². The van der Waals surface area contributed by atoms with Crippen LogP contribution in [0.5, 0.6) is 0 Å². The van der Waals surface area contributed by atoms with Crippen molar-refractivity contribution in [3.05, 3.63) is 35.6 Å². The number of nitrogens with zero attached hydrogens (tertiary/aromatic N) is 1. The van der Waals surface area contributed by atoms with Crippen LogP contribution in [-0.2, 0) is 15.9 Å². The Bertz CT molecular complexity index is 424. The van der Waals surface area contributed by atoms with E-state index in [9.17, 15) is 4.39 Å². The molecule has 2 N–H and O–H groups in total. The van der Waals surface area contributed by atoms with Crippen LogP contribution >= 0.6 is 0 Å². The molecule has 5 nitrogen and oxygen atoms in total. The highest BCUT2D eigenvalue weighted by Crippen LogP contribution is 2.02. The van der Waals surface area contributed by atoms with Gasteiger partial charge in [-0.3, -0.25) is 4.99 Å². The molecule has 124 valence electrons. The molecule has 1 aromatic rings. The summed E-state index contributed by atoms with van der Waals surface area (Å²) < 4.78 is 23.1. The lowest BCUT2D eigenvalue weighted by Gasteiger charge is -2.12. The fourth-order valence-corrected chi connectivity index (χ4v) is 1.82. The molecule has 0 amide bonds. The van der Waals surface area contributed by atoms with Crippen LogP contribution in [0.15, 0.2) is 29.3 Å². The van der Waals surface area contributed by atoms with E-state index >= 15 is 0 Å². The van der Waals surface area contributed by atoms with Crippen LogP contribution in [0.1, 0.15) is 12.0 Å². The zero-order valence-electron chi connectivity index (χ0n) is 13.4. The molecule has 0 unspecified atom stereocenters. The molecule has 22 heavy (non-hydrogen) atoms. The number of nitrogens with one attached hydrogen (secondary N) is 2. The minimum Gasteiger partial charge on any atom is -0.382 e. The summed E-state index contributed by atoms with van der Waals surface area (Å²) in [6, 6.07) is 6.55. The number of ether oxygens (including phenoxy) is 2. The summed E-state index contributed by atoms with van der Waals surface area (Å²) in [4.78, 5) is 4.15. The first-order valence-corrected chi connectivity index (χ1v) is 7.52. The third-order valence-electron chi connectivity index (χ3n) is 3.03. The van der Waals surface area contributed by atoms with E-state index in [0.29, 0.717) is 19.8 Å². The average molecular weight is 311 g/mol. The predicted molar refractivity (Wildman–Crippen MR) is 86.8 cm³/mol. The Labute approximate surface area is 131 Å². The first kappa shape index (κ1) is 18.4. The lowest BCUT2D eigenvalue weighted by Crippen LogP contribution is -2.39. The van der Waals surface area contributed by atoms with Gasteiger partial charge in [0.25, 0.3) is 0 Å². The summed E-state index contributed by atoms with van der Waals surface area (Å²) in [7, 11) is 3.40. The maximum absolute atomic E-state index is 12.8. The number of aliphatic imine (C=N–C) groups is 1. The molecule has 0 atom stereocenters. The van der Waals surface area contributed by atoms with Gasteiger partial charge < -0.3 is 20.1 Å². The van der Waals surface area contributed by atoms with Gasteiger partial charge in [-0.05, 0) is 30.5 Å². The summed E-state index contributed by atoms with van der Waals surface area (Å²) in [6.45, 7) is 3.49. The molecular weight excluding hydrogens is 285 g/mol. The van der Waals surface area contributed by atoms with Crippen molar-refractivity contribution in [1.82, 2.24) is 10.6 Å². The standard InChI is InChI=1S/C16H26FN3O2/c1-18-16(19-9-3-11-22-13-12-21-2)20-10-8-14-4-6-15(17)7-5-14/h4-7H,3,8-13H2,1-2H3,(H2,18,19,20). The summed E-state index contributed by atoms with van der Waals surface area (Å²) >= 11 is 0. The largest absolute Gasteiger partial charge is 0.382 e. The van der Waals surface area contributed by atoms with E-state index in [-0.39, 0.29) is 5.82 Å². The summed E-state index contributed by atoms with van der Waals surface area (Å²) in [5.41, 5.74) is 1.09. The molecule has 0 aromatic heterocycles. The zero-order chi connectivity index (χ0) is 16.0. The van der Waals surface area contributed by atoms with Crippen molar-refractivity contribution in [2.24, 2.45) is 4.99 Å². The molecule has 0 saturated carbocycles. The molecule has 0 bridgehead atoms. The number of methoxy groups -OCH3 is 1. The Morgan fingerprint density at radius 3 is 2.50 bits per heavy atom. The van der Waals surface area contributed by atoms with Gasteiger partial charge in [0.2, 0.25) is 0 Å². The second-order valence-corrected chi connectivity index (χ2v) is 4.76. The minimum absolute atomic E-state index is 0.207. The number of hydrogen-bond acceptors (Lipinski definition) is 3. The Kier molecular flexibility index (Phi) is 9.98. The SMILES string of the molecule is CN=C(NCCCOCCOC)NCCc1ccc(F)cc1. The first-order chi connectivity index (χ1) is 10.8. The monoisotopic (exact) mass is 311 g/mol. The van der Waals surface area contributed by atoms with E-state index in [0.717, 1.165) is 37.5 Å². The van der Waals surface area contributed by atoms with Crippen molar-refractivity contribution in [2.45, 2.75) is 12.8 Å². The van der Waals surface area contributed by atoms with Gasteiger partial charge in [-0.15, -0.1) is 0 Å². The highest BCUT2D eigenvalue weighted by atomic mass is 19.1. The quantitative estimate of drug-likeness (QED) is 0.391. The molecule has 0 saturated heterocycles. The molecule has 6 heteroatoms. The maximum atomic E-state index is 12.8. The molecule has 0 radical (unpaired) electrons. The van der Waals surface area contributed by atoms with Gasteiger partial charge in [-0.2, -0.15) is 0 Å². The van der Waals surface area contributed by atoms with E-state index < -0.39 is 0 Å². The molecule has 0 aliphatic rings. The molecule has 1 aromatic carbocycles. The Balaban J connectivity index is 2.08. The molecule has 0 fully saturated rings. The van der Waals surface area contributed by atoms with E-state index in [2.05, 4.69) is 15.6 Å². The van der Waals surface area contributed by atoms with Gasteiger partial charge in [0.05, 0.1) is 13.2 Å². The number of halogens is 1. The van der Waals surface area contributed by atoms with Crippen molar-refractivity contribution in [2.75, 3.05) is 47.1 Å². The van der Waals surface area contributed by atoms with Gasteiger partial charge in [0.15, 0.2) is 5.96 Å². The van der Waals surface area contributed by atoms with Crippen LogP contribution < -0.4 is 10.6 Å². The second kappa shape index (κ2) is 11.9. The number of guanidine groups is 1. The molecular formula is C16H26FN3O2. The van der Waals surface area contributed by atoms with E-state index in [1.165, 1.54) is 12.1 Å². The van der Waals surface area contributed by atoms with Crippen molar-refractivity contribution < 1.29 is 13.9 Å². The van der Waals surface area contributed by atoms with Crippen LogP contribution in [0.25, 0.3) is 0 Å². The van der Waals surface area contributed by atoms with Crippen LogP contribution in [0, 0.1) is 5.82 Å². The normalized spacial score (nSPS) is 11.5. The molecule has 0 heterocycles. The van der Waals surface area contributed by atoms with Crippen molar-refractivity contribution >= 4 is 5.96 Å². The van der Waals surface area contributed by atoms with Gasteiger partial charge in [0, 0.05) is 33.9 Å². The maximum Gasteiger partial charge on any atom is 0.190 e. The number of hydrogen-bond donors (Lipinski definition) is 2. The smallest absolute Gasteiger partial charge is 0.190 e. The summed E-state index contributed by atoms with van der Waals surface area (Å²) in [6.07, 6.45) is 1.73. The van der Waals surface area contributed by atoms with Crippen LogP contribution in [0.2, 0.25) is 0 Å². The predicted octanol–water partition coefficient (Wildman–Crippen LogP) is 1.59. The van der Waals surface area contributed by atoms with Gasteiger partial charge in [0.1, 0.15) is 5.82 Å². The summed E-state index contributed by atoms with van der Waals surface area (Å²) in [5, 5.41) is 6.45. The minimum atomic E-state index is -0.207.